The maximum atomic E-state index is 6.81. The molecular weight excluding hydrogens is 1530 g/mol. The third-order valence-corrected chi connectivity index (χ3v) is 25.0. The summed E-state index contributed by atoms with van der Waals surface area (Å²) in [6.45, 7) is 60.3. The molecule has 0 radical (unpaired) electrons. The topological polar surface area (TPSA) is 80.2 Å². The van der Waals surface area contributed by atoms with Crippen LogP contribution in [0.3, 0.4) is 0 Å². The van der Waals surface area contributed by atoms with E-state index in [-0.39, 0.29) is 0 Å². The molecule has 7 aromatic heterocycles. The third-order valence-electron chi connectivity index (χ3n) is 21.9. The van der Waals surface area contributed by atoms with E-state index in [9.17, 15) is 0 Å². The summed E-state index contributed by atoms with van der Waals surface area (Å²) in [5, 5.41) is 6.66. The van der Waals surface area contributed by atoms with E-state index in [1.54, 1.807) is 11.8 Å². The molecule has 0 N–H and O–H groups in total. The van der Waals surface area contributed by atoms with Gasteiger partial charge in [0.25, 0.3) is 0 Å². The largest absolute Gasteiger partial charge is 0.379 e. The Morgan fingerprint density at radius 2 is 0.708 bits per heavy atom. The number of ether oxygens (including phenoxy) is 1. The van der Waals surface area contributed by atoms with Crippen LogP contribution in [0.4, 0.5) is 11.6 Å². The molecule has 0 amide bonds. The maximum Gasteiger partial charge on any atom is 0.223 e. The van der Waals surface area contributed by atoms with Crippen molar-refractivity contribution in [2.75, 3.05) is 101 Å². The summed E-state index contributed by atoms with van der Waals surface area (Å²) in [6.07, 6.45) is 14.8. The molecule has 14 nitrogen and oxygen atoms in total. The van der Waals surface area contributed by atoms with Crippen molar-refractivity contribution >= 4 is 101 Å². The van der Waals surface area contributed by atoms with Gasteiger partial charge in [-0.1, -0.05) is 150 Å². The van der Waals surface area contributed by atoms with Crippen molar-refractivity contribution < 1.29 is 4.74 Å². The van der Waals surface area contributed by atoms with Gasteiger partial charge in [-0.3, -0.25) is 14.7 Å². The Morgan fingerprint density at radius 3 is 1.14 bits per heavy atom. The summed E-state index contributed by atoms with van der Waals surface area (Å²) in [6, 6.07) is 81.1. The van der Waals surface area contributed by atoms with Gasteiger partial charge < -0.3 is 42.2 Å². The highest BCUT2D eigenvalue weighted by atomic mass is 32.2. The Balaban J connectivity index is 0.000000145. The zero-order valence-electron chi connectivity index (χ0n) is 74.8. The lowest BCUT2D eigenvalue weighted by atomic mass is 10.2. The second-order valence-electron chi connectivity index (χ2n) is 33.2. The van der Waals surface area contributed by atoms with E-state index >= 15 is 0 Å². The van der Waals surface area contributed by atoms with E-state index in [2.05, 4.69) is 424 Å². The highest BCUT2D eigenvalue weighted by molar-refractivity contribution is 8.00. The molecule has 0 unspecified atom stereocenters. The lowest BCUT2D eigenvalue weighted by Gasteiger charge is -2.37. The summed E-state index contributed by atoms with van der Waals surface area (Å²) in [5.74, 6) is 3.09. The monoisotopic (exact) mass is 1660 g/mol. The second-order valence-corrected chi connectivity index (χ2v) is 36.6. The minimum Gasteiger partial charge on any atom is -0.379 e. The highest BCUT2D eigenvalue weighted by Crippen LogP contribution is 2.39. The molecule has 7 aromatic carbocycles. The van der Waals surface area contributed by atoms with Crippen molar-refractivity contribution in [3.63, 3.8) is 0 Å². The molecule has 17 heteroatoms. The van der Waals surface area contributed by atoms with E-state index in [1.807, 2.05) is 48.1 Å². The van der Waals surface area contributed by atoms with Crippen molar-refractivity contribution in [2.45, 2.75) is 197 Å². The number of piperazine rings is 2. The van der Waals surface area contributed by atoms with Crippen LogP contribution in [0.15, 0.2) is 286 Å². The molecule has 120 heavy (non-hydrogen) atoms. The lowest BCUT2D eigenvalue weighted by Crippen LogP contribution is -2.49. The van der Waals surface area contributed by atoms with Gasteiger partial charge in [-0.05, 0) is 239 Å². The fraction of sp³-hybridized carbons (Fsp3) is 0.388. The van der Waals surface area contributed by atoms with Gasteiger partial charge in [-0.2, -0.15) is 0 Å². The molecule has 634 valence electrons. The molecule has 0 spiro atoms. The number of aromatic nitrogens is 7. The minimum absolute atomic E-state index is 0.468. The molecule has 14 aromatic rings. The molecule has 0 bridgehead atoms. The van der Waals surface area contributed by atoms with Gasteiger partial charge in [0.1, 0.15) is 11.6 Å². The van der Waals surface area contributed by atoms with Gasteiger partial charge in [-0.15, -0.1) is 11.8 Å². The number of rotatable bonds is 17. The lowest BCUT2D eigenvalue weighted by molar-refractivity contribution is 0.0238. The predicted octanol–water partition coefficient (Wildman–Crippen LogP) is 26.0. The van der Waals surface area contributed by atoms with Gasteiger partial charge >= 0.3 is 0 Å². The first-order chi connectivity index (χ1) is 58.0. The van der Waals surface area contributed by atoms with E-state index in [4.69, 9.17) is 11.3 Å². The zero-order chi connectivity index (χ0) is 85.6. The second kappa shape index (κ2) is 47.1. The molecule has 3 saturated heterocycles. The quantitative estimate of drug-likeness (QED) is 0.0497. The number of hydrogen-bond donors (Lipinski definition) is 0. The number of para-hydroxylation sites is 3. The van der Waals surface area contributed by atoms with Crippen LogP contribution < -0.4 is 9.80 Å². The third kappa shape index (κ3) is 26.8. The number of pyridine rings is 2. The first-order valence-corrected chi connectivity index (χ1v) is 46.0. The molecular formula is C103H133N13OS3. The number of nitrogens with zero attached hydrogens (tertiary/aromatic N) is 13. The fourth-order valence-electron chi connectivity index (χ4n) is 15.1. The highest BCUT2D eigenvalue weighted by Gasteiger charge is 2.22. The maximum absolute atomic E-state index is 6.81. The van der Waals surface area contributed by atoms with Crippen LogP contribution in [-0.2, 0) is 4.74 Å². The normalized spacial score (nSPS) is 13.9. The van der Waals surface area contributed by atoms with Crippen LogP contribution in [-0.4, -0.2) is 157 Å². The average Bonchev–Trinajstić information content (AvgIpc) is 1.64. The van der Waals surface area contributed by atoms with Crippen LogP contribution >= 0.6 is 35.3 Å². The predicted molar refractivity (Wildman–Crippen MR) is 518 cm³/mol. The van der Waals surface area contributed by atoms with Crippen LogP contribution in [0.25, 0.3) is 59.4 Å². The Morgan fingerprint density at radius 1 is 0.342 bits per heavy atom. The molecule has 3 aliphatic rings. The zero-order valence-corrected chi connectivity index (χ0v) is 77.2. The number of hydrogen-bond acceptors (Lipinski definition) is 11. The average molecular weight is 1670 g/mol. The Bertz CT molecular complexity index is 5280. The molecule has 3 fully saturated rings. The summed E-state index contributed by atoms with van der Waals surface area (Å²) in [4.78, 5) is 30.9. The molecule has 3 aliphatic heterocycles. The van der Waals surface area contributed by atoms with Crippen molar-refractivity contribution in [1.82, 2.24) is 47.5 Å². The number of thioether (sulfide) groups is 1. The number of anilines is 2. The van der Waals surface area contributed by atoms with Gasteiger partial charge in [0, 0.05) is 225 Å². The van der Waals surface area contributed by atoms with Crippen molar-refractivity contribution in [3.05, 3.63) is 284 Å². The Kier molecular flexibility index (Phi) is 36.4. The first-order valence-electron chi connectivity index (χ1n) is 43.4. The number of benzene rings is 7. The van der Waals surface area contributed by atoms with Crippen molar-refractivity contribution in [2.24, 2.45) is 0 Å². The summed E-state index contributed by atoms with van der Waals surface area (Å²) >= 11 is 5.46. The van der Waals surface area contributed by atoms with Crippen LogP contribution in [0.2, 0.25) is 0 Å². The van der Waals surface area contributed by atoms with Crippen molar-refractivity contribution in [1.29, 1.82) is 0 Å². The van der Waals surface area contributed by atoms with Gasteiger partial charge in [0.2, 0.25) is 6.54 Å². The van der Waals surface area contributed by atoms with Crippen molar-refractivity contribution in [3.8, 4) is 0 Å². The Hall–Kier alpha value is -9.48. The number of aryl methyl sites for hydroxylation is 2. The summed E-state index contributed by atoms with van der Waals surface area (Å²) < 4.78 is 16.8. The fourth-order valence-corrected chi connectivity index (χ4v) is 18.0. The molecule has 0 atom stereocenters. The first kappa shape index (κ1) is 92.8. The summed E-state index contributed by atoms with van der Waals surface area (Å²) in [7, 11) is 0. The van der Waals surface area contributed by atoms with E-state index in [0.29, 0.717) is 54.9 Å². The minimum atomic E-state index is 0.468. The summed E-state index contributed by atoms with van der Waals surface area (Å²) in [5.41, 5.74) is 9.23. The SMILES string of the molecule is CC(C)N1CCN(c2ccccn2)CC1.CC(C)N1CCN(c2ccccn2)CC1.CC(C)N1CCOCC1.CC(C)n1cc(Sc2ccccc2)c2ccccc21.CC(C)n1ccc2ccccc21.Cc1ccc2c(c1)c(Sc1ccccc1)cn2C(C)C.Cc1ccc2c(ccn2C(C)C)c1.[C-]#[N+]CCSc1cn(C(C)C)c2ccccc12. The van der Waals surface area contributed by atoms with E-state index in [1.165, 1.54) is 90.1 Å². The molecule has 10 heterocycles. The number of morpholine rings is 1. The van der Waals surface area contributed by atoms with E-state index < -0.39 is 0 Å². The molecule has 0 aliphatic carbocycles. The molecule has 17 rings (SSSR count). The van der Waals surface area contributed by atoms with Gasteiger partial charge in [0.15, 0.2) is 0 Å². The van der Waals surface area contributed by atoms with Crippen LogP contribution in [0, 0.1) is 20.4 Å². The van der Waals surface area contributed by atoms with Crippen LogP contribution in [0.5, 0.6) is 0 Å². The van der Waals surface area contributed by atoms with Crippen LogP contribution in [0.1, 0.15) is 152 Å². The van der Waals surface area contributed by atoms with Gasteiger partial charge in [0.05, 0.1) is 19.0 Å². The Labute approximate surface area is 731 Å². The smallest absolute Gasteiger partial charge is 0.223 e. The van der Waals surface area contributed by atoms with E-state index in [0.717, 1.165) is 96.0 Å². The molecule has 0 saturated carbocycles. The standard InChI is InChI=1S/C18H19NS.C17H17NS.C14H16N2S.2C12H19N3.C12H15N.C11H13N.C7H15NO/c1-13(2)19-12-18(20-15-7-5-4-6-8-15)16-11-14(3)9-10-17(16)19;1-13(2)18-12-17(15-10-6-7-11-16(15)18)19-14-8-4-3-5-9-14;1-11(2)16-10-14(17-9-8-15-3)12-6-4-5-7-13(12)16;2*1-11(2)14-7-9-15(10-8-14)12-5-3-4-6-13-12;1-9(2)13-7-6-11-8-10(3)4-5-12(11)13;1-9(2)12-8-7-10-5-3-4-6-11(10)12;1-7(2)8-3-5-9-6-4-8/h4-13H,1-3H3;3-13H,1-2H3;4-7,10-11H,8-9H2,1-2H3;2*3-6,11H,7-10H2,1-2H3;4-9H,1-3H3;3-9H,1-2H3;7H,3-6H2,1-2H3. The number of fused-ring (bicyclic) bond motifs is 5. The van der Waals surface area contributed by atoms with Gasteiger partial charge in [-0.25, -0.2) is 16.5 Å².